The average Bonchev–Trinajstić information content (AvgIpc) is 3.53. The van der Waals surface area contributed by atoms with E-state index in [0.717, 1.165) is 11.2 Å². The van der Waals surface area contributed by atoms with Crippen molar-refractivity contribution in [2.24, 2.45) is 0 Å². The zero-order valence-electron chi connectivity index (χ0n) is 17.6. The van der Waals surface area contributed by atoms with E-state index in [4.69, 9.17) is 4.42 Å². The monoisotopic (exact) mass is 440 g/mol. The summed E-state index contributed by atoms with van der Waals surface area (Å²) in [5.74, 6) is 0. The summed E-state index contributed by atoms with van der Waals surface area (Å²) in [6.45, 7) is -0.0736. The zero-order chi connectivity index (χ0) is 21.5. The molecule has 0 unspecified atom stereocenters. The third-order valence-corrected chi connectivity index (χ3v) is 7.98. The minimum atomic E-state index is -0.0736. The average molecular weight is 440 g/mol. The number of fused-ring (bicyclic) bond motifs is 12. The number of nitrogens with zero attached hydrogens (tertiary/aromatic N) is 2. The molecule has 0 saturated carbocycles. The smallest absolute Gasteiger partial charge is 0.460 e. The van der Waals surface area contributed by atoms with E-state index in [-0.39, 0.29) is 6.98 Å². The van der Waals surface area contributed by atoms with E-state index >= 15 is 0 Å². The molecule has 33 heavy (non-hydrogen) atoms. The Balaban J connectivity index is 1.52. The van der Waals surface area contributed by atoms with Crippen LogP contribution in [0.5, 0.6) is 0 Å². The molecule has 0 amide bonds. The molecule has 3 nitrogen and oxygen atoms in total. The second-order valence-corrected chi connectivity index (χ2v) is 9.59. The molecule has 2 aromatic heterocycles. The first-order valence-corrected chi connectivity index (χ1v) is 12.0. The van der Waals surface area contributed by atoms with Crippen molar-refractivity contribution >= 4 is 67.1 Å². The zero-order valence-corrected chi connectivity index (χ0v) is 18.4. The molecule has 0 aliphatic carbocycles. The highest BCUT2D eigenvalue weighted by Gasteiger charge is 2.52. The summed E-state index contributed by atoms with van der Waals surface area (Å²) < 4.78 is 7.95. The first kappa shape index (κ1) is 17.6. The van der Waals surface area contributed by atoms with Crippen molar-refractivity contribution < 1.29 is 4.42 Å². The molecule has 4 aromatic carbocycles. The van der Waals surface area contributed by atoms with Crippen molar-refractivity contribution in [3.8, 4) is 11.1 Å². The quantitative estimate of drug-likeness (QED) is 0.250. The standard InChI is InChI=1S/C28H17BN2OS/c1-2-10-18(11-3-1)30-26-21-14-6-9-17-24(21)33-28(26)31-22-15-7-4-12-19(22)25-20-13-5-8-16-23(20)32-27(25)29(30)31/h1-17H. The lowest BCUT2D eigenvalue weighted by Gasteiger charge is -2.34. The molecule has 0 atom stereocenters. The highest BCUT2D eigenvalue weighted by atomic mass is 32.1. The Labute approximate surface area is 195 Å². The molecule has 0 spiro atoms. The lowest BCUT2D eigenvalue weighted by Crippen LogP contribution is -2.55. The lowest BCUT2D eigenvalue weighted by atomic mass is 9.63. The highest BCUT2D eigenvalue weighted by Crippen LogP contribution is 2.57. The minimum absolute atomic E-state index is 0.0736. The predicted octanol–water partition coefficient (Wildman–Crippen LogP) is 7.31. The normalized spacial score (nSPS) is 13.9. The maximum absolute atomic E-state index is 6.65. The van der Waals surface area contributed by atoms with Crippen molar-refractivity contribution in [3.05, 3.63) is 103 Å². The van der Waals surface area contributed by atoms with Crippen LogP contribution in [0.4, 0.5) is 22.1 Å². The van der Waals surface area contributed by atoms with Gasteiger partial charge in [-0.3, -0.25) is 0 Å². The summed E-state index contributed by atoms with van der Waals surface area (Å²) in [6, 6.07) is 36.6. The summed E-state index contributed by atoms with van der Waals surface area (Å²) in [7, 11) is 0. The van der Waals surface area contributed by atoms with Gasteiger partial charge in [0, 0.05) is 38.0 Å². The van der Waals surface area contributed by atoms with E-state index in [9.17, 15) is 0 Å². The van der Waals surface area contributed by atoms with Gasteiger partial charge in [-0.2, -0.15) is 0 Å². The van der Waals surface area contributed by atoms with Crippen LogP contribution in [0, 0.1) is 0 Å². The van der Waals surface area contributed by atoms with Crippen LogP contribution in [0.25, 0.3) is 32.2 Å². The first-order chi connectivity index (χ1) is 16.4. The Morgan fingerprint density at radius 2 is 1.39 bits per heavy atom. The van der Waals surface area contributed by atoms with Gasteiger partial charge in [-0.15, -0.1) is 11.3 Å². The topological polar surface area (TPSA) is 19.6 Å². The van der Waals surface area contributed by atoms with Crippen LogP contribution in [0.3, 0.4) is 0 Å². The Morgan fingerprint density at radius 1 is 0.667 bits per heavy atom. The van der Waals surface area contributed by atoms with Crippen LogP contribution in [-0.4, -0.2) is 6.98 Å². The second kappa shape index (κ2) is 6.30. The van der Waals surface area contributed by atoms with Gasteiger partial charge in [-0.1, -0.05) is 72.8 Å². The van der Waals surface area contributed by atoms with Gasteiger partial charge in [0.2, 0.25) is 0 Å². The third-order valence-electron chi connectivity index (χ3n) is 6.82. The van der Waals surface area contributed by atoms with Gasteiger partial charge in [0.05, 0.1) is 5.69 Å². The first-order valence-electron chi connectivity index (χ1n) is 11.2. The molecule has 5 heteroatoms. The van der Waals surface area contributed by atoms with Crippen LogP contribution in [0.1, 0.15) is 0 Å². The fourth-order valence-electron chi connectivity index (χ4n) is 5.52. The molecule has 0 radical (unpaired) electrons. The molecule has 2 aliphatic heterocycles. The molecular weight excluding hydrogens is 423 g/mol. The lowest BCUT2D eigenvalue weighted by molar-refractivity contribution is 0.649. The van der Waals surface area contributed by atoms with E-state index in [1.54, 1.807) is 0 Å². The minimum Gasteiger partial charge on any atom is -0.465 e. The number of anilines is 4. The number of hydrogen-bond acceptors (Lipinski definition) is 4. The molecule has 0 fully saturated rings. The summed E-state index contributed by atoms with van der Waals surface area (Å²) in [6.07, 6.45) is 0. The van der Waals surface area contributed by atoms with Gasteiger partial charge in [-0.25, -0.2) is 0 Å². The van der Waals surface area contributed by atoms with Crippen molar-refractivity contribution in [3.63, 3.8) is 0 Å². The summed E-state index contributed by atoms with van der Waals surface area (Å²) in [5, 5.41) is 3.72. The van der Waals surface area contributed by atoms with Gasteiger partial charge in [0.15, 0.2) is 0 Å². The summed E-state index contributed by atoms with van der Waals surface area (Å²) in [4.78, 5) is 4.94. The molecule has 0 saturated heterocycles. The maximum Gasteiger partial charge on any atom is 0.460 e. The van der Waals surface area contributed by atoms with Crippen molar-refractivity contribution in [1.82, 2.24) is 0 Å². The van der Waals surface area contributed by atoms with Gasteiger partial charge < -0.3 is 14.0 Å². The van der Waals surface area contributed by atoms with Crippen LogP contribution in [0.15, 0.2) is 108 Å². The van der Waals surface area contributed by atoms with Crippen LogP contribution in [-0.2, 0) is 0 Å². The summed E-state index contributed by atoms with van der Waals surface area (Å²) >= 11 is 1.86. The maximum atomic E-state index is 6.65. The number of para-hydroxylation sites is 3. The van der Waals surface area contributed by atoms with Gasteiger partial charge in [0.25, 0.3) is 0 Å². The third kappa shape index (κ3) is 2.20. The molecule has 6 aromatic rings. The Bertz CT molecular complexity index is 1700. The summed E-state index contributed by atoms with van der Waals surface area (Å²) in [5.41, 5.74) is 8.04. The predicted molar refractivity (Wildman–Crippen MR) is 140 cm³/mol. The molecule has 0 N–H and O–H groups in total. The molecule has 2 aliphatic rings. The van der Waals surface area contributed by atoms with E-state index in [0.29, 0.717) is 0 Å². The molecule has 8 rings (SSSR count). The Morgan fingerprint density at radius 3 is 2.30 bits per heavy atom. The number of thiophene rings is 1. The van der Waals surface area contributed by atoms with Crippen LogP contribution < -0.4 is 15.3 Å². The van der Waals surface area contributed by atoms with E-state index in [2.05, 4.69) is 113 Å². The molecule has 0 bridgehead atoms. The van der Waals surface area contributed by atoms with E-state index in [1.165, 1.54) is 48.7 Å². The fraction of sp³-hybridized carbons (Fsp3) is 0. The van der Waals surface area contributed by atoms with E-state index in [1.807, 2.05) is 11.3 Å². The fourth-order valence-corrected chi connectivity index (χ4v) is 6.75. The SMILES string of the molecule is c1ccc(N2B3c4oc5ccccc5c4-c4ccccc4N3c3sc4ccccc4c32)cc1. The number of furan rings is 1. The van der Waals surface area contributed by atoms with Gasteiger partial charge in [0.1, 0.15) is 16.2 Å². The second-order valence-electron chi connectivity index (χ2n) is 8.56. The Hall–Kier alpha value is -3.96. The van der Waals surface area contributed by atoms with Crippen molar-refractivity contribution in [1.29, 1.82) is 0 Å². The van der Waals surface area contributed by atoms with Gasteiger partial charge >= 0.3 is 6.98 Å². The molecule has 154 valence electrons. The largest absolute Gasteiger partial charge is 0.465 e. The van der Waals surface area contributed by atoms with E-state index < -0.39 is 0 Å². The number of rotatable bonds is 1. The van der Waals surface area contributed by atoms with Gasteiger partial charge in [-0.05, 0) is 30.3 Å². The number of benzene rings is 4. The molecular formula is C28H17BN2OS. The number of hydrogen-bond donors (Lipinski definition) is 0. The highest BCUT2D eigenvalue weighted by molar-refractivity contribution is 7.25. The Kier molecular flexibility index (Phi) is 3.36. The van der Waals surface area contributed by atoms with Crippen molar-refractivity contribution in [2.75, 3.05) is 9.62 Å². The van der Waals surface area contributed by atoms with Crippen LogP contribution in [0.2, 0.25) is 0 Å². The van der Waals surface area contributed by atoms with Crippen LogP contribution >= 0.6 is 11.3 Å². The van der Waals surface area contributed by atoms with Crippen molar-refractivity contribution in [2.45, 2.75) is 0 Å². The molecule has 4 heterocycles.